The zero-order valence-corrected chi connectivity index (χ0v) is 13.3. The normalized spacial score (nSPS) is 27.8. The summed E-state index contributed by atoms with van der Waals surface area (Å²) in [5.74, 6) is -1.91. The van der Waals surface area contributed by atoms with Crippen LogP contribution in [0.25, 0.3) is 0 Å². The molecule has 1 saturated heterocycles. The summed E-state index contributed by atoms with van der Waals surface area (Å²) >= 11 is 0. The summed E-state index contributed by atoms with van der Waals surface area (Å²) < 4.78 is 37.6. The fourth-order valence-electron chi connectivity index (χ4n) is 3.75. The van der Waals surface area contributed by atoms with Crippen LogP contribution in [0.15, 0.2) is 12.1 Å². The van der Waals surface area contributed by atoms with Crippen molar-refractivity contribution in [1.29, 1.82) is 0 Å². The quantitative estimate of drug-likeness (QED) is 0.898. The van der Waals surface area contributed by atoms with Crippen LogP contribution in [0.1, 0.15) is 20.3 Å². The van der Waals surface area contributed by atoms with Gasteiger partial charge >= 0.3 is 6.03 Å². The number of carbonyl (C=O) groups excluding carboxylic acids is 1. The highest BCUT2D eigenvalue weighted by Gasteiger charge is 2.59. The Morgan fingerprint density at radius 1 is 1.35 bits per heavy atom. The van der Waals surface area contributed by atoms with Crippen LogP contribution in [0.4, 0.5) is 19.3 Å². The molecule has 7 heteroatoms. The third-order valence-corrected chi connectivity index (χ3v) is 4.85. The lowest BCUT2D eigenvalue weighted by molar-refractivity contribution is -0.107. The van der Waals surface area contributed by atoms with E-state index in [2.05, 4.69) is 15.4 Å². The molecule has 1 aromatic rings. The van der Waals surface area contributed by atoms with Gasteiger partial charge in [-0.05, 0) is 6.42 Å². The largest absolute Gasteiger partial charge is 0.491 e. The van der Waals surface area contributed by atoms with Gasteiger partial charge in [0.25, 0.3) is 0 Å². The Kier molecular flexibility index (Phi) is 3.91. The maximum atomic E-state index is 13.6. The van der Waals surface area contributed by atoms with Gasteiger partial charge in [-0.2, -0.15) is 0 Å². The van der Waals surface area contributed by atoms with E-state index >= 15 is 0 Å². The predicted molar refractivity (Wildman–Crippen MR) is 80.5 cm³/mol. The van der Waals surface area contributed by atoms with Gasteiger partial charge in [-0.25, -0.2) is 13.6 Å². The molecule has 1 saturated carbocycles. The van der Waals surface area contributed by atoms with Gasteiger partial charge in [-0.3, -0.25) is 0 Å². The number of hydrogen-bond acceptors (Lipinski definition) is 3. The van der Waals surface area contributed by atoms with Crippen LogP contribution < -0.4 is 15.4 Å². The Morgan fingerprint density at radius 2 is 2.00 bits per heavy atom. The third-order valence-electron chi connectivity index (χ3n) is 4.85. The lowest BCUT2D eigenvalue weighted by atomic mass is 9.57. The number of fused-ring (bicyclic) bond motifs is 1. The monoisotopic (exact) mass is 326 g/mol. The number of carbonyl (C=O) groups is 1. The van der Waals surface area contributed by atoms with Crippen molar-refractivity contribution >= 4 is 11.7 Å². The summed E-state index contributed by atoms with van der Waals surface area (Å²) in [5.41, 5.74) is -0.121. The van der Waals surface area contributed by atoms with Crippen molar-refractivity contribution in [2.75, 3.05) is 19.0 Å². The van der Waals surface area contributed by atoms with Crippen molar-refractivity contribution in [3.05, 3.63) is 23.8 Å². The molecule has 3 atom stereocenters. The number of halogens is 2. The van der Waals surface area contributed by atoms with Crippen LogP contribution in [0.2, 0.25) is 0 Å². The van der Waals surface area contributed by atoms with Crippen LogP contribution >= 0.6 is 0 Å². The number of methoxy groups -OCH3 is 1. The van der Waals surface area contributed by atoms with Crippen molar-refractivity contribution in [2.24, 2.45) is 11.3 Å². The van der Waals surface area contributed by atoms with Crippen LogP contribution in [-0.2, 0) is 4.74 Å². The van der Waals surface area contributed by atoms with Crippen LogP contribution in [0.3, 0.4) is 0 Å². The third kappa shape index (κ3) is 2.63. The lowest BCUT2D eigenvalue weighted by Gasteiger charge is -2.54. The standard InChI is InChI=1S/C16H20F2N2O3/c1-16(2)13(9-4-5-23-14(9)16)20-15(21)19-8-6-10(17)12(22-3)11(18)7-8/h6-7,9,13-14H,4-5H2,1-3H3,(H2,19,20,21)/t9-,13+,14+/m0/s1. The van der Waals surface area contributed by atoms with Crippen molar-refractivity contribution < 1.29 is 23.0 Å². The molecule has 126 valence electrons. The fraction of sp³-hybridized carbons (Fsp3) is 0.562. The zero-order chi connectivity index (χ0) is 16.8. The highest BCUT2D eigenvalue weighted by Crippen LogP contribution is 2.52. The number of nitrogens with one attached hydrogen (secondary N) is 2. The molecule has 2 N–H and O–H groups in total. The van der Waals surface area contributed by atoms with E-state index in [1.165, 1.54) is 7.11 Å². The maximum absolute atomic E-state index is 13.6. The number of hydrogen-bond donors (Lipinski definition) is 2. The molecule has 5 nitrogen and oxygen atoms in total. The van der Waals surface area contributed by atoms with E-state index in [0.29, 0.717) is 12.5 Å². The highest BCUT2D eigenvalue weighted by atomic mass is 19.1. The molecule has 0 bridgehead atoms. The Labute approximate surface area is 133 Å². The average Bonchev–Trinajstić information content (AvgIpc) is 2.91. The number of urea groups is 1. The first-order valence-corrected chi connectivity index (χ1v) is 7.56. The highest BCUT2D eigenvalue weighted by molar-refractivity contribution is 5.89. The topological polar surface area (TPSA) is 59.6 Å². The first-order valence-electron chi connectivity index (χ1n) is 7.56. The fourth-order valence-corrected chi connectivity index (χ4v) is 3.75. The molecule has 3 rings (SSSR count). The van der Waals surface area contributed by atoms with E-state index in [9.17, 15) is 13.6 Å². The average molecular weight is 326 g/mol. The van der Waals surface area contributed by atoms with E-state index in [0.717, 1.165) is 18.6 Å². The molecule has 23 heavy (non-hydrogen) atoms. The van der Waals surface area contributed by atoms with E-state index in [1.54, 1.807) is 0 Å². The van der Waals surface area contributed by atoms with Crippen LogP contribution in [-0.4, -0.2) is 31.9 Å². The van der Waals surface area contributed by atoms with E-state index < -0.39 is 23.4 Å². The predicted octanol–water partition coefficient (Wildman–Crippen LogP) is 2.91. The minimum atomic E-state index is -0.865. The molecule has 0 unspecified atom stereocenters. The van der Waals surface area contributed by atoms with E-state index in [4.69, 9.17) is 4.74 Å². The first kappa shape index (κ1) is 16.0. The summed E-state index contributed by atoms with van der Waals surface area (Å²) in [7, 11) is 1.18. The van der Waals surface area contributed by atoms with Gasteiger partial charge in [0.05, 0.1) is 13.2 Å². The molecular formula is C16H20F2N2O3. The molecule has 1 heterocycles. The summed E-state index contributed by atoms with van der Waals surface area (Å²) in [6, 6.07) is 1.53. The minimum Gasteiger partial charge on any atom is -0.491 e. The van der Waals surface area contributed by atoms with Crippen molar-refractivity contribution in [3.8, 4) is 5.75 Å². The first-order chi connectivity index (χ1) is 10.8. The molecule has 1 aromatic carbocycles. The van der Waals surface area contributed by atoms with Gasteiger partial charge in [0, 0.05) is 41.8 Å². The Balaban J connectivity index is 1.66. The molecule has 1 aliphatic carbocycles. The SMILES string of the molecule is COc1c(F)cc(NC(=O)N[C@@H]2[C@@H]3CCO[C@H]3C2(C)C)cc1F. The maximum Gasteiger partial charge on any atom is 0.319 e. The Bertz CT molecular complexity index is 613. The second-order valence-electron chi connectivity index (χ2n) is 6.61. The second kappa shape index (κ2) is 5.63. The number of rotatable bonds is 3. The Morgan fingerprint density at radius 3 is 2.61 bits per heavy atom. The van der Waals surface area contributed by atoms with Crippen molar-refractivity contribution in [3.63, 3.8) is 0 Å². The Hall–Kier alpha value is -1.89. The van der Waals surface area contributed by atoms with Crippen molar-refractivity contribution in [1.82, 2.24) is 5.32 Å². The lowest BCUT2D eigenvalue weighted by Crippen LogP contribution is -2.67. The number of amides is 2. The second-order valence-corrected chi connectivity index (χ2v) is 6.61. The minimum absolute atomic E-state index is 0.0251. The molecule has 1 aliphatic heterocycles. The van der Waals surface area contributed by atoms with E-state index in [1.807, 2.05) is 13.8 Å². The summed E-state index contributed by atoms with van der Waals surface area (Å²) in [4.78, 5) is 12.1. The summed E-state index contributed by atoms with van der Waals surface area (Å²) in [6.07, 6.45) is 1.06. The van der Waals surface area contributed by atoms with Gasteiger partial charge in [-0.15, -0.1) is 0 Å². The molecular weight excluding hydrogens is 306 g/mol. The smallest absolute Gasteiger partial charge is 0.319 e. The summed E-state index contributed by atoms with van der Waals surface area (Å²) in [5, 5.41) is 5.35. The molecule has 0 aromatic heterocycles. The van der Waals surface area contributed by atoms with E-state index in [-0.39, 0.29) is 23.2 Å². The number of anilines is 1. The van der Waals surface area contributed by atoms with Gasteiger partial charge < -0.3 is 20.1 Å². The van der Waals surface area contributed by atoms with Gasteiger partial charge in [0.15, 0.2) is 17.4 Å². The molecule has 0 spiro atoms. The molecule has 2 aliphatic rings. The molecule has 0 radical (unpaired) electrons. The van der Waals surface area contributed by atoms with Crippen molar-refractivity contribution in [2.45, 2.75) is 32.4 Å². The molecule has 2 fully saturated rings. The number of benzene rings is 1. The van der Waals surface area contributed by atoms with Crippen LogP contribution in [0, 0.1) is 23.0 Å². The summed E-state index contributed by atoms with van der Waals surface area (Å²) in [6.45, 7) is 4.78. The number of ether oxygens (including phenoxy) is 2. The van der Waals surface area contributed by atoms with Gasteiger partial charge in [0.1, 0.15) is 0 Å². The van der Waals surface area contributed by atoms with Gasteiger partial charge in [-0.1, -0.05) is 13.8 Å². The van der Waals surface area contributed by atoms with Gasteiger partial charge in [0.2, 0.25) is 0 Å². The van der Waals surface area contributed by atoms with Crippen LogP contribution in [0.5, 0.6) is 5.75 Å². The zero-order valence-electron chi connectivity index (χ0n) is 13.3. The molecule has 2 amide bonds.